The molecular formula is C24H19N3O4S. The zero-order valence-electron chi connectivity index (χ0n) is 17.1. The fourth-order valence-electron chi connectivity index (χ4n) is 3.15. The molecule has 4 aromatic rings. The molecule has 0 bridgehead atoms. The second-order valence-electron chi connectivity index (χ2n) is 6.98. The van der Waals surface area contributed by atoms with Crippen LogP contribution >= 0.6 is 11.3 Å². The van der Waals surface area contributed by atoms with Gasteiger partial charge in [0, 0.05) is 5.56 Å². The second-order valence-corrected chi connectivity index (χ2v) is 8.01. The molecule has 1 aromatic heterocycles. The Hall–Kier alpha value is -4.04. The highest BCUT2D eigenvalue weighted by atomic mass is 32.1. The van der Waals surface area contributed by atoms with Crippen molar-refractivity contribution < 1.29 is 19.1 Å². The van der Waals surface area contributed by atoms with E-state index < -0.39 is 23.9 Å². The van der Waals surface area contributed by atoms with Crippen LogP contribution in [0.1, 0.15) is 27.6 Å². The minimum Gasteiger partial charge on any atom is -0.449 e. The van der Waals surface area contributed by atoms with Gasteiger partial charge >= 0.3 is 5.97 Å². The summed E-state index contributed by atoms with van der Waals surface area (Å²) >= 11 is 1.47. The molecule has 0 saturated carbocycles. The second kappa shape index (κ2) is 8.99. The number of thiazole rings is 1. The lowest BCUT2D eigenvalue weighted by atomic mass is 10.1. The molecule has 1 atom stereocenters. The highest BCUT2D eigenvalue weighted by Gasteiger charge is 2.23. The molecule has 0 spiro atoms. The molecule has 1 heterocycles. The summed E-state index contributed by atoms with van der Waals surface area (Å²) in [5.41, 5.74) is 7.55. The SMILES string of the molecule is CC(OC(=O)c1ccccc1-c1nc2ccccc2s1)C(=O)Nc1ccccc1C(N)=O. The van der Waals surface area contributed by atoms with Gasteiger partial charge in [-0.25, -0.2) is 9.78 Å². The van der Waals surface area contributed by atoms with Gasteiger partial charge in [0.1, 0.15) is 5.01 Å². The number of benzene rings is 3. The first-order chi connectivity index (χ1) is 15.4. The Balaban J connectivity index is 1.53. The molecule has 0 aliphatic rings. The van der Waals surface area contributed by atoms with Crippen LogP contribution in [0.15, 0.2) is 72.8 Å². The lowest BCUT2D eigenvalue weighted by molar-refractivity contribution is -0.123. The van der Waals surface area contributed by atoms with Gasteiger partial charge in [-0.05, 0) is 37.3 Å². The molecule has 4 rings (SSSR count). The lowest BCUT2D eigenvalue weighted by Gasteiger charge is -2.15. The number of para-hydroxylation sites is 2. The summed E-state index contributed by atoms with van der Waals surface area (Å²) in [4.78, 5) is 41.6. The van der Waals surface area contributed by atoms with Crippen LogP contribution in [-0.2, 0) is 9.53 Å². The molecule has 160 valence electrons. The van der Waals surface area contributed by atoms with Crippen molar-refractivity contribution in [3.8, 4) is 10.6 Å². The number of hydrogen-bond donors (Lipinski definition) is 2. The minimum absolute atomic E-state index is 0.167. The number of rotatable bonds is 6. The number of nitrogens with one attached hydrogen (secondary N) is 1. The number of nitrogens with two attached hydrogens (primary N) is 1. The Morgan fingerprint density at radius 1 is 0.938 bits per heavy atom. The Labute approximate surface area is 187 Å². The summed E-state index contributed by atoms with van der Waals surface area (Å²) in [5.74, 6) is -1.90. The number of nitrogens with zero attached hydrogens (tertiary/aromatic N) is 1. The van der Waals surface area contributed by atoms with E-state index in [4.69, 9.17) is 10.5 Å². The standard InChI is InChI=1S/C24H19N3O4S/c1-14(22(29)26-18-11-5-4-10-17(18)21(25)28)31-24(30)16-9-3-2-8-15(16)23-27-19-12-6-7-13-20(19)32-23/h2-14H,1H3,(H2,25,28)(H,26,29). The van der Waals surface area contributed by atoms with Crippen LogP contribution in [0, 0.1) is 0 Å². The van der Waals surface area contributed by atoms with E-state index in [0.717, 1.165) is 10.2 Å². The summed E-state index contributed by atoms with van der Waals surface area (Å²) in [6.45, 7) is 1.46. The number of amides is 2. The number of anilines is 1. The smallest absolute Gasteiger partial charge is 0.339 e. The maximum Gasteiger partial charge on any atom is 0.339 e. The van der Waals surface area contributed by atoms with E-state index in [9.17, 15) is 14.4 Å². The van der Waals surface area contributed by atoms with Gasteiger partial charge in [-0.3, -0.25) is 9.59 Å². The van der Waals surface area contributed by atoms with Crippen molar-refractivity contribution in [2.75, 3.05) is 5.32 Å². The normalized spacial score (nSPS) is 11.7. The fraction of sp³-hybridized carbons (Fsp3) is 0.0833. The fourth-order valence-corrected chi connectivity index (χ4v) is 4.16. The molecule has 3 aromatic carbocycles. The van der Waals surface area contributed by atoms with Crippen molar-refractivity contribution in [1.82, 2.24) is 4.98 Å². The minimum atomic E-state index is -1.10. The molecule has 0 fully saturated rings. The van der Waals surface area contributed by atoms with E-state index >= 15 is 0 Å². The number of esters is 1. The van der Waals surface area contributed by atoms with Gasteiger partial charge in [-0.2, -0.15) is 0 Å². The zero-order chi connectivity index (χ0) is 22.7. The van der Waals surface area contributed by atoms with E-state index in [-0.39, 0.29) is 11.3 Å². The number of carbonyl (C=O) groups excluding carboxylic acids is 3. The van der Waals surface area contributed by atoms with Gasteiger partial charge in [0.25, 0.3) is 11.8 Å². The van der Waals surface area contributed by atoms with E-state index in [1.807, 2.05) is 30.3 Å². The monoisotopic (exact) mass is 445 g/mol. The van der Waals surface area contributed by atoms with Crippen molar-refractivity contribution in [2.45, 2.75) is 13.0 Å². The molecule has 3 N–H and O–H groups in total. The first kappa shape index (κ1) is 21.2. The van der Waals surface area contributed by atoms with Gasteiger partial charge in [0.05, 0.1) is 27.0 Å². The van der Waals surface area contributed by atoms with Crippen molar-refractivity contribution in [3.63, 3.8) is 0 Å². The van der Waals surface area contributed by atoms with Crippen LogP contribution < -0.4 is 11.1 Å². The summed E-state index contributed by atoms with van der Waals surface area (Å²) < 4.78 is 6.42. The van der Waals surface area contributed by atoms with Crippen LogP contribution in [0.4, 0.5) is 5.69 Å². The maximum atomic E-state index is 12.9. The molecule has 2 amide bonds. The topological polar surface area (TPSA) is 111 Å². The molecule has 0 saturated heterocycles. The summed E-state index contributed by atoms with van der Waals surface area (Å²) in [6, 6.07) is 21.0. The molecule has 8 heteroatoms. The van der Waals surface area contributed by atoms with E-state index in [0.29, 0.717) is 16.1 Å². The van der Waals surface area contributed by atoms with Crippen LogP contribution in [0.3, 0.4) is 0 Å². The largest absolute Gasteiger partial charge is 0.449 e. The van der Waals surface area contributed by atoms with E-state index in [2.05, 4.69) is 10.3 Å². The van der Waals surface area contributed by atoms with E-state index in [1.54, 1.807) is 36.4 Å². The van der Waals surface area contributed by atoms with Gasteiger partial charge in [-0.15, -0.1) is 11.3 Å². The third-order valence-electron chi connectivity index (χ3n) is 4.77. The molecular weight excluding hydrogens is 426 g/mol. The molecule has 7 nitrogen and oxygen atoms in total. The predicted octanol–water partition coefficient (Wildman–Crippen LogP) is 4.25. The van der Waals surface area contributed by atoms with E-state index in [1.165, 1.54) is 24.3 Å². The molecule has 0 radical (unpaired) electrons. The highest BCUT2D eigenvalue weighted by Crippen LogP contribution is 2.32. The summed E-state index contributed by atoms with van der Waals surface area (Å²) in [5, 5.41) is 3.27. The molecule has 0 aliphatic carbocycles. The number of ether oxygens (including phenoxy) is 1. The van der Waals surface area contributed by atoms with Crippen LogP contribution in [-0.4, -0.2) is 28.9 Å². The predicted molar refractivity (Wildman–Crippen MR) is 124 cm³/mol. The Morgan fingerprint density at radius 2 is 1.59 bits per heavy atom. The molecule has 32 heavy (non-hydrogen) atoms. The van der Waals surface area contributed by atoms with Crippen molar-refractivity contribution in [2.24, 2.45) is 5.73 Å². The Morgan fingerprint density at radius 3 is 2.34 bits per heavy atom. The molecule has 1 unspecified atom stereocenters. The number of aromatic nitrogens is 1. The van der Waals surface area contributed by atoms with Crippen molar-refractivity contribution in [1.29, 1.82) is 0 Å². The third-order valence-corrected chi connectivity index (χ3v) is 5.84. The van der Waals surface area contributed by atoms with Crippen molar-refractivity contribution >= 4 is 45.0 Å². The quantitative estimate of drug-likeness (QED) is 0.431. The average Bonchev–Trinajstić information content (AvgIpc) is 3.23. The summed E-state index contributed by atoms with van der Waals surface area (Å²) in [6.07, 6.45) is -1.10. The first-order valence-corrected chi connectivity index (χ1v) is 10.6. The van der Waals surface area contributed by atoms with Crippen molar-refractivity contribution in [3.05, 3.63) is 83.9 Å². The molecule has 0 aliphatic heterocycles. The summed E-state index contributed by atoms with van der Waals surface area (Å²) in [7, 11) is 0. The lowest BCUT2D eigenvalue weighted by Crippen LogP contribution is -2.31. The van der Waals surface area contributed by atoms with Gasteiger partial charge < -0.3 is 15.8 Å². The number of hydrogen-bond acceptors (Lipinski definition) is 6. The number of carbonyl (C=O) groups is 3. The Bertz CT molecular complexity index is 1300. The van der Waals surface area contributed by atoms with Gasteiger partial charge in [-0.1, -0.05) is 42.5 Å². The van der Waals surface area contributed by atoms with Gasteiger partial charge in [0.15, 0.2) is 6.10 Å². The maximum absolute atomic E-state index is 12.9. The highest BCUT2D eigenvalue weighted by molar-refractivity contribution is 7.21. The first-order valence-electron chi connectivity index (χ1n) is 9.79. The third kappa shape index (κ3) is 4.35. The average molecular weight is 446 g/mol. The number of fused-ring (bicyclic) bond motifs is 1. The van der Waals surface area contributed by atoms with Crippen LogP contribution in [0.5, 0.6) is 0 Å². The number of primary amides is 1. The Kier molecular flexibility index (Phi) is 5.96. The van der Waals surface area contributed by atoms with Crippen LogP contribution in [0.2, 0.25) is 0 Å². The van der Waals surface area contributed by atoms with Crippen LogP contribution in [0.25, 0.3) is 20.8 Å². The van der Waals surface area contributed by atoms with Gasteiger partial charge in [0.2, 0.25) is 0 Å². The zero-order valence-corrected chi connectivity index (χ0v) is 17.9.